The molecular weight excluding hydrogens is 486 g/mol. The van der Waals surface area contributed by atoms with Crippen LogP contribution >= 0.6 is 11.3 Å². The average Bonchev–Trinajstić information content (AvgIpc) is 3.33. The molecule has 1 saturated heterocycles. The van der Waals surface area contributed by atoms with Gasteiger partial charge in [-0.3, -0.25) is 10.1 Å². The summed E-state index contributed by atoms with van der Waals surface area (Å²) < 4.78 is 38.0. The molecule has 10 heteroatoms. The van der Waals surface area contributed by atoms with Gasteiger partial charge in [0.1, 0.15) is 5.75 Å². The number of morpholine rings is 1. The largest absolute Gasteiger partial charge is 0.481 e. The van der Waals surface area contributed by atoms with Gasteiger partial charge < -0.3 is 9.47 Å². The van der Waals surface area contributed by atoms with Gasteiger partial charge in [-0.05, 0) is 42.7 Å². The van der Waals surface area contributed by atoms with E-state index in [1.807, 2.05) is 29.6 Å². The fraction of sp³-hybridized carbons (Fsp3) is 0.360. The lowest BCUT2D eigenvalue weighted by molar-refractivity contribution is -0.122. The fourth-order valence-corrected chi connectivity index (χ4v) is 5.72. The number of anilines is 1. The van der Waals surface area contributed by atoms with Crippen LogP contribution in [-0.4, -0.2) is 56.0 Å². The van der Waals surface area contributed by atoms with Gasteiger partial charge in [-0.25, -0.2) is 13.4 Å². The van der Waals surface area contributed by atoms with Crippen molar-refractivity contribution in [1.29, 1.82) is 0 Å². The van der Waals surface area contributed by atoms with Crippen molar-refractivity contribution < 1.29 is 22.7 Å². The third kappa shape index (κ3) is 6.07. The van der Waals surface area contributed by atoms with E-state index in [-0.39, 0.29) is 10.8 Å². The molecule has 1 N–H and O–H groups in total. The lowest BCUT2D eigenvalue weighted by Gasteiger charge is -2.26. The number of carbonyl (C=O) groups excluding carboxylic acids is 1. The molecule has 2 aromatic carbocycles. The van der Waals surface area contributed by atoms with Gasteiger partial charge in [-0.2, -0.15) is 4.31 Å². The number of ether oxygens (including phenoxy) is 2. The summed E-state index contributed by atoms with van der Waals surface area (Å²) in [5.74, 6) is 0.754. The Morgan fingerprint density at radius 3 is 2.34 bits per heavy atom. The van der Waals surface area contributed by atoms with E-state index in [9.17, 15) is 13.2 Å². The van der Waals surface area contributed by atoms with Gasteiger partial charge in [-0.15, -0.1) is 11.3 Å². The quantitative estimate of drug-likeness (QED) is 0.479. The van der Waals surface area contributed by atoms with Gasteiger partial charge in [0, 0.05) is 24.0 Å². The maximum Gasteiger partial charge on any atom is 0.266 e. The van der Waals surface area contributed by atoms with E-state index in [0.29, 0.717) is 48.8 Å². The summed E-state index contributed by atoms with van der Waals surface area (Å²) in [6, 6.07) is 14.3. The molecule has 0 bridgehead atoms. The first-order valence-electron chi connectivity index (χ1n) is 11.5. The van der Waals surface area contributed by atoms with E-state index in [2.05, 4.69) is 24.1 Å². The van der Waals surface area contributed by atoms with Crippen molar-refractivity contribution in [3.8, 4) is 17.0 Å². The molecule has 1 aliphatic rings. The third-order valence-electron chi connectivity index (χ3n) is 5.72. The van der Waals surface area contributed by atoms with E-state index < -0.39 is 16.1 Å². The summed E-state index contributed by atoms with van der Waals surface area (Å²) in [6.45, 7) is 7.44. The van der Waals surface area contributed by atoms with Gasteiger partial charge in [0.05, 0.1) is 23.8 Å². The summed E-state index contributed by atoms with van der Waals surface area (Å²) in [4.78, 5) is 17.3. The summed E-state index contributed by atoms with van der Waals surface area (Å²) in [5.41, 5.74) is 2.62. The Kier molecular flexibility index (Phi) is 7.85. The van der Waals surface area contributed by atoms with Crippen molar-refractivity contribution in [1.82, 2.24) is 9.29 Å². The van der Waals surface area contributed by atoms with Gasteiger partial charge in [0.25, 0.3) is 5.91 Å². The third-order valence-corrected chi connectivity index (χ3v) is 8.39. The highest BCUT2D eigenvalue weighted by Crippen LogP contribution is 2.27. The molecule has 186 valence electrons. The van der Waals surface area contributed by atoms with E-state index in [4.69, 9.17) is 9.47 Å². The van der Waals surface area contributed by atoms with Crippen molar-refractivity contribution in [3.63, 3.8) is 0 Å². The molecule has 1 aromatic heterocycles. The van der Waals surface area contributed by atoms with Crippen LogP contribution in [-0.2, 0) is 19.6 Å². The summed E-state index contributed by atoms with van der Waals surface area (Å²) in [5, 5.41) is 5.05. The molecule has 4 rings (SSSR count). The number of aromatic nitrogens is 1. The van der Waals surface area contributed by atoms with Crippen molar-refractivity contribution in [2.24, 2.45) is 0 Å². The number of rotatable bonds is 8. The number of carbonyl (C=O) groups is 1. The Morgan fingerprint density at radius 2 is 1.71 bits per heavy atom. The van der Waals surface area contributed by atoms with Gasteiger partial charge in [0.2, 0.25) is 10.0 Å². The zero-order chi connectivity index (χ0) is 25.0. The molecule has 0 aliphatic carbocycles. The fourth-order valence-electron chi connectivity index (χ4n) is 3.59. The lowest BCUT2D eigenvalue weighted by Crippen LogP contribution is -2.40. The second-order valence-electron chi connectivity index (χ2n) is 8.55. The number of amides is 1. The van der Waals surface area contributed by atoms with Crippen molar-refractivity contribution in [3.05, 3.63) is 59.5 Å². The van der Waals surface area contributed by atoms with Crippen LogP contribution in [0.4, 0.5) is 5.13 Å². The lowest BCUT2D eigenvalue weighted by atomic mass is 10.0. The maximum atomic E-state index is 12.8. The first kappa shape index (κ1) is 25.3. The Balaban J connectivity index is 1.37. The monoisotopic (exact) mass is 515 g/mol. The molecule has 1 atom stereocenters. The number of hydrogen-bond donors (Lipinski definition) is 1. The summed E-state index contributed by atoms with van der Waals surface area (Å²) in [6.07, 6.45) is -0.697. The number of sulfonamides is 1. The molecule has 1 unspecified atom stereocenters. The van der Waals surface area contributed by atoms with Crippen LogP contribution in [0.2, 0.25) is 0 Å². The SMILES string of the molecule is CC(Oc1ccc(C(C)C)cc1)C(=O)Nc1nc(-c2ccc(S(=O)(=O)N3CCOCC3)cc2)cs1. The number of benzene rings is 2. The van der Waals surface area contributed by atoms with Crippen molar-refractivity contribution in [2.75, 3.05) is 31.6 Å². The van der Waals surface area contributed by atoms with Gasteiger partial charge in [0.15, 0.2) is 11.2 Å². The standard InChI is InChI=1S/C25H29N3O5S2/c1-17(2)19-4-8-21(9-5-19)33-18(3)24(29)27-25-26-23(16-34-25)20-6-10-22(11-7-20)35(30,31)28-12-14-32-15-13-28/h4-11,16-18H,12-15H2,1-3H3,(H,26,27,29). The molecule has 1 amide bonds. The molecule has 0 radical (unpaired) electrons. The molecular formula is C25H29N3O5S2. The van der Waals surface area contributed by atoms with E-state index >= 15 is 0 Å². The van der Waals surface area contributed by atoms with Crippen LogP contribution in [0.15, 0.2) is 58.8 Å². The molecule has 0 spiro atoms. The summed E-state index contributed by atoms with van der Waals surface area (Å²) in [7, 11) is -3.55. The second-order valence-corrected chi connectivity index (χ2v) is 11.3. The van der Waals surface area contributed by atoms with Crippen LogP contribution in [0.25, 0.3) is 11.3 Å². The second kappa shape index (κ2) is 10.9. The Labute approximate surface area is 210 Å². The van der Waals surface area contributed by atoms with Gasteiger partial charge in [-0.1, -0.05) is 38.1 Å². The molecule has 3 aromatic rings. The molecule has 0 saturated carbocycles. The predicted octanol–water partition coefficient (Wildman–Crippen LogP) is 4.36. The zero-order valence-electron chi connectivity index (χ0n) is 19.9. The number of nitrogens with one attached hydrogen (secondary N) is 1. The number of nitrogens with zero attached hydrogens (tertiary/aromatic N) is 2. The minimum atomic E-state index is -3.55. The highest BCUT2D eigenvalue weighted by molar-refractivity contribution is 7.89. The Bertz CT molecular complexity index is 1250. The smallest absolute Gasteiger partial charge is 0.266 e. The summed E-state index contributed by atoms with van der Waals surface area (Å²) >= 11 is 1.30. The predicted molar refractivity (Wildman–Crippen MR) is 136 cm³/mol. The topological polar surface area (TPSA) is 97.8 Å². The van der Waals surface area contributed by atoms with E-state index in [0.717, 1.165) is 5.56 Å². The first-order valence-corrected chi connectivity index (χ1v) is 13.8. The normalized spacial score (nSPS) is 15.7. The van der Waals surface area contributed by atoms with E-state index in [1.54, 1.807) is 31.2 Å². The van der Waals surface area contributed by atoms with Crippen LogP contribution in [0.1, 0.15) is 32.3 Å². The van der Waals surface area contributed by atoms with Crippen molar-refractivity contribution in [2.45, 2.75) is 37.7 Å². The molecule has 35 heavy (non-hydrogen) atoms. The highest BCUT2D eigenvalue weighted by Gasteiger charge is 2.26. The molecule has 2 heterocycles. The average molecular weight is 516 g/mol. The van der Waals surface area contributed by atoms with Crippen LogP contribution < -0.4 is 10.1 Å². The van der Waals surface area contributed by atoms with Crippen LogP contribution in [0.5, 0.6) is 5.75 Å². The zero-order valence-corrected chi connectivity index (χ0v) is 21.6. The Hall–Kier alpha value is -2.79. The number of thiazole rings is 1. The Morgan fingerprint density at radius 1 is 1.06 bits per heavy atom. The molecule has 1 fully saturated rings. The van der Waals surface area contributed by atoms with Crippen LogP contribution in [0, 0.1) is 0 Å². The number of hydrogen-bond acceptors (Lipinski definition) is 7. The van der Waals surface area contributed by atoms with Crippen LogP contribution in [0.3, 0.4) is 0 Å². The minimum absolute atomic E-state index is 0.235. The highest BCUT2D eigenvalue weighted by atomic mass is 32.2. The van der Waals surface area contributed by atoms with Gasteiger partial charge >= 0.3 is 0 Å². The minimum Gasteiger partial charge on any atom is -0.481 e. The van der Waals surface area contributed by atoms with E-state index in [1.165, 1.54) is 21.2 Å². The first-order chi connectivity index (χ1) is 16.7. The van der Waals surface area contributed by atoms with Crippen molar-refractivity contribution >= 4 is 32.4 Å². The maximum absolute atomic E-state index is 12.8. The molecule has 1 aliphatic heterocycles. The molecule has 8 nitrogen and oxygen atoms in total.